The second kappa shape index (κ2) is 10.1. The summed E-state index contributed by atoms with van der Waals surface area (Å²) >= 11 is 1.04. The highest BCUT2D eigenvalue weighted by Gasteiger charge is 2.31. The van der Waals surface area contributed by atoms with Crippen LogP contribution in [0.15, 0.2) is 67.3 Å². The summed E-state index contributed by atoms with van der Waals surface area (Å²) in [7, 11) is 1.95. The van der Waals surface area contributed by atoms with Gasteiger partial charge in [0, 0.05) is 7.05 Å². The molecule has 2 aromatic carbocycles. The molecular weight excluding hydrogens is 464 g/mol. The van der Waals surface area contributed by atoms with Crippen LogP contribution >= 0.6 is 11.8 Å². The molecule has 0 bridgehead atoms. The van der Waals surface area contributed by atoms with E-state index < -0.39 is 0 Å². The SMILES string of the molecule is CN(CCOc1ccc(CC2SC(=O)NC2=O)cc1)c1ncnc2c1ncn2Cc1ccccc1. The van der Waals surface area contributed by atoms with Gasteiger partial charge in [0.25, 0.3) is 5.24 Å². The number of likely N-dealkylation sites (N-methyl/N-ethyl adjacent to an activating group) is 1. The van der Waals surface area contributed by atoms with E-state index in [9.17, 15) is 9.59 Å². The Bertz CT molecular complexity index is 1340. The first-order valence-electron chi connectivity index (χ1n) is 11.2. The van der Waals surface area contributed by atoms with Crippen molar-refractivity contribution < 1.29 is 14.3 Å². The van der Waals surface area contributed by atoms with Gasteiger partial charge in [0.2, 0.25) is 5.91 Å². The highest BCUT2D eigenvalue weighted by Crippen LogP contribution is 2.24. The van der Waals surface area contributed by atoms with Crippen LogP contribution in [0.5, 0.6) is 5.75 Å². The average Bonchev–Trinajstić information content (AvgIpc) is 3.42. The molecule has 1 N–H and O–H groups in total. The molecule has 1 fully saturated rings. The number of nitrogens with one attached hydrogen (secondary N) is 1. The molecule has 10 heteroatoms. The van der Waals surface area contributed by atoms with Crippen LogP contribution in [0.1, 0.15) is 11.1 Å². The zero-order valence-electron chi connectivity index (χ0n) is 19.1. The number of amides is 2. The molecule has 35 heavy (non-hydrogen) atoms. The summed E-state index contributed by atoms with van der Waals surface area (Å²) in [6.07, 6.45) is 3.87. The molecule has 1 atom stereocenters. The van der Waals surface area contributed by atoms with Crippen LogP contribution in [-0.4, -0.2) is 56.1 Å². The third-order valence-corrected chi connectivity index (χ3v) is 6.73. The maximum atomic E-state index is 11.7. The van der Waals surface area contributed by atoms with Crippen LogP contribution in [0.25, 0.3) is 11.2 Å². The van der Waals surface area contributed by atoms with Gasteiger partial charge in [-0.15, -0.1) is 0 Å². The number of nitrogens with zero attached hydrogens (tertiary/aromatic N) is 5. The van der Waals surface area contributed by atoms with Crippen LogP contribution in [0.4, 0.5) is 10.6 Å². The summed E-state index contributed by atoms with van der Waals surface area (Å²) < 4.78 is 7.93. The molecule has 0 saturated carbocycles. The van der Waals surface area contributed by atoms with Crippen molar-refractivity contribution >= 4 is 39.9 Å². The molecule has 2 amide bonds. The number of carbonyl (C=O) groups is 2. The third kappa shape index (κ3) is 5.27. The fourth-order valence-corrected chi connectivity index (χ4v) is 4.77. The molecule has 0 radical (unpaired) electrons. The van der Waals surface area contributed by atoms with E-state index in [1.165, 1.54) is 5.56 Å². The fraction of sp³-hybridized carbons (Fsp3) is 0.240. The molecular formula is C25H24N6O3S. The molecule has 1 aliphatic heterocycles. The Morgan fingerprint density at radius 3 is 2.57 bits per heavy atom. The maximum Gasteiger partial charge on any atom is 0.286 e. The van der Waals surface area contributed by atoms with Gasteiger partial charge in [0.05, 0.1) is 24.7 Å². The van der Waals surface area contributed by atoms with Gasteiger partial charge in [-0.2, -0.15) is 0 Å². The summed E-state index contributed by atoms with van der Waals surface area (Å²) in [5, 5.41) is 1.66. The van der Waals surface area contributed by atoms with Crippen molar-refractivity contribution in [2.45, 2.75) is 18.2 Å². The number of anilines is 1. The van der Waals surface area contributed by atoms with Gasteiger partial charge in [0.15, 0.2) is 17.0 Å². The first kappa shape index (κ1) is 22.9. The minimum atomic E-state index is -0.371. The van der Waals surface area contributed by atoms with E-state index in [0.717, 1.165) is 40.1 Å². The molecule has 178 valence electrons. The van der Waals surface area contributed by atoms with Crippen LogP contribution in [-0.2, 0) is 17.8 Å². The number of ether oxygens (including phenoxy) is 1. The van der Waals surface area contributed by atoms with E-state index in [4.69, 9.17) is 4.74 Å². The number of thioether (sulfide) groups is 1. The van der Waals surface area contributed by atoms with E-state index >= 15 is 0 Å². The minimum Gasteiger partial charge on any atom is -0.492 e. The first-order chi connectivity index (χ1) is 17.1. The monoisotopic (exact) mass is 488 g/mol. The second-order valence-corrected chi connectivity index (χ2v) is 9.40. The lowest BCUT2D eigenvalue weighted by molar-refractivity contribution is -0.118. The molecule has 0 spiro atoms. The number of carbonyl (C=O) groups excluding carboxylic acids is 2. The number of hydrogen-bond donors (Lipinski definition) is 1. The normalized spacial score (nSPS) is 15.4. The van der Waals surface area contributed by atoms with Crippen LogP contribution < -0.4 is 15.0 Å². The third-order valence-electron chi connectivity index (χ3n) is 5.75. The molecule has 0 aliphatic carbocycles. The average molecular weight is 489 g/mol. The van der Waals surface area contributed by atoms with Crippen molar-refractivity contribution in [2.75, 3.05) is 25.1 Å². The molecule has 1 unspecified atom stereocenters. The summed E-state index contributed by atoms with van der Waals surface area (Å²) in [5.74, 6) is 1.26. The van der Waals surface area contributed by atoms with Crippen molar-refractivity contribution in [2.24, 2.45) is 0 Å². The van der Waals surface area contributed by atoms with Crippen LogP contribution in [0.3, 0.4) is 0 Å². The lowest BCUT2D eigenvalue weighted by Crippen LogP contribution is -2.25. The molecule has 3 heterocycles. The Hall–Kier alpha value is -3.92. The highest BCUT2D eigenvalue weighted by molar-refractivity contribution is 8.15. The van der Waals surface area contributed by atoms with Gasteiger partial charge < -0.3 is 14.2 Å². The molecule has 4 aromatic rings. The number of aromatic nitrogens is 4. The van der Waals surface area contributed by atoms with Gasteiger partial charge in [-0.25, -0.2) is 15.0 Å². The maximum absolute atomic E-state index is 11.7. The van der Waals surface area contributed by atoms with E-state index in [0.29, 0.717) is 26.1 Å². The molecule has 2 aromatic heterocycles. The van der Waals surface area contributed by atoms with E-state index in [-0.39, 0.29) is 16.4 Å². The van der Waals surface area contributed by atoms with Crippen molar-refractivity contribution in [1.29, 1.82) is 0 Å². The lowest BCUT2D eigenvalue weighted by atomic mass is 10.1. The van der Waals surface area contributed by atoms with Gasteiger partial charge in [-0.1, -0.05) is 54.2 Å². The van der Waals surface area contributed by atoms with E-state index in [2.05, 4.69) is 32.4 Å². The van der Waals surface area contributed by atoms with Gasteiger partial charge >= 0.3 is 0 Å². The Labute approximate surface area is 206 Å². The van der Waals surface area contributed by atoms with Crippen molar-refractivity contribution in [1.82, 2.24) is 24.8 Å². The number of imidazole rings is 1. The number of fused-ring (bicyclic) bond motifs is 1. The largest absolute Gasteiger partial charge is 0.492 e. The zero-order chi connectivity index (χ0) is 24.2. The lowest BCUT2D eigenvalue weighted by Gasteiger charge is -2.18. The Kier molecular flexibility index (Phi) is 6.62. The molecule has 1 saturated heterocycles. The first-order valence-corrected chi connectivity index (χ1v) is 12.1. The van der Waals surface area contributed by atoms with E-state index in [1.54, 1.807) is 12.7 Å². The van der Waals surface area contributed by atoms with Crippen molar-refractivity contribution in [3.63, 3.8) is 0 Å². The predicted octanol–water partition coefficient (Wildman–Crippen LogP) is 3.28. The highest BCUT2D eigenvalue weighted by atomic mass is 32.2. The minimum absolute atomic E-state index is 0.230. The quantitative estimate of drug-likeness (QED) is 0.383. The molecule has 1 aliphatic rings. The van der Waals surface area contributed by atoms with Gasteiger partial charge in [-0.3, -0.25) is 14.9 Å². The number of imide groups is 1. The van der Waals surface area contributed by atoms with Crippen LogP contribution in [0, 0.1) is 0 Å². The molecule has 5 rings (SSSR count). The topological polar surface area (TPSA) is 102 Å². The van der Waals surface area contributed by atoms with E-state index in [1.807, 2.05) is 59.0 Å². The molecule has 9 nitrogen and oxygen atoms in total. The van der Waals surface area contributed by atoms with Crippen molar-refractivity contribution in [3.05, 3.63) is 78.4 Å². The summed E-state index contributed by atoms with van der Waals surface area (Å²) in [6.45, 7) is 1.76. The Balaban J connectivity index is 1.17. The summed E-state index contributed by atoms with van der Waals surface area (Å²) in [4.78, 5) is 38.5. The Morgan fingerprint density at radius 2 is 1.83 bits per heavy atom. The summed E-state index contributed by atoms with van der Waals surface area (Å²) in [5.41, 5.74) is 3.70. The smallest absolute Gasteiger partial charge is 0.286 e. The number of hydrogen-bond acceptors (Lipinski definition) is 8. The van der Waals surface area contributed by atoms with Gasteiger partial charge in [-0.05, 0) is 29.7 Å². The fourth-order valence-electron chi connectivity index (χ4n) is 3.91. The summed E-state index contributed by atoms with van der Waals surface area (Å²) in [6, 6.07) is 17.8. The standard InChI is InChI=1S/C25H24N6O3S/c1-30(11-12-34-19-9-7-17(8-10-19)13-20-24(32)29-25(33)35-20)22-21-23(27-15-26-22)31(16-28-21)14-18-5-3-2-4-6-18/h2-10,15-16,20H,11-14H2,1H3,(H,29,32,33). The predicted molar refractivity (Wildman–Crippen MR) is 135 cm³/mol. The van der Waals surface area contributed by atoms with Crippen molar-refractivity contribution in [3.8, 4) is 5.75 Å². The Morgan fingerprint density at radius 1 is 1.03 bits per heavy atom. The van der Waals surface area contributed by atoms with Crippen LogP contribution in [0.2, 0.25) is 0 Å². The number of rotatable bonds is 9. The second-order valence-electron chi connectivity index (χ2n) is 8.23. The van der Waals surface area contributed by atoms with Gasteiger partial charge in [0.1, 0.15) is 18.7 Å². The zero-order valence-corrected chi connectivity index (χ0v) is 19.9. The number of benzene rings is 2.